The van der Waals surface area contributed by atoms with E-state index in [1.165, 1.54) is 24.8 Å². The van der Waals surface area contributed by atoms with Gasteiger partial charge in [-0.05, 0) is 36.0 Å². The zero-order valence-corrected chi connectivity index (χ0v) is 13.5. The Morgan fingerprint density at radius 1 is 1.06 bits per heavy atom. The van der Waals surface area contributed by atoms with Crippen molar-refractivity contribution in [1.29, 1.82) is 0 Å². The molecule has 0 saturated heterocycles. The zero-order valence-electron chi connectivity index (χ0n) is 13.5. The van der Waals surface area contributed by atoms with E-state index in [0.717, 1.165) is 5.92 Å². The second kappa shape index (κ2) is 6.07. The summed E-state index contributed by atoms with van der Waals surface area (Å²) in [6.45, 7) is 22.8. The normalized spacial score (nSPS) is 16.7. The summed E-state index contributed by atoms with van der Waals surface area (Å²) in [5, 5.41) is 0. The number of rotatable bonds is 6. The monoisotopic (exact) mass is 238 g/mol. The van der Waals surface area contributed by atoms with Crippen LogP contribution in [0, 0.1) is 22.7 Å². The molecular formula is C17H34. The molecule has 0 amide bonds. The molecule has 0 heterocycles. The molecule has 0 saturated carbocycles. The van der Waals surface area contributed by atoms with E-state index in [9.17, 15) is 0 Å². The van der Waals surface area contributed by atoms with Crippen molar-refractivity contribution in [2.45, 2.75) is 74.7 Å². The lowest BCUT2D eigenvalue weighted by Crippen LogP contribution is -2.28. The van der Waals surface area contributed by atoms with E-state index in [1.54, 1.807) is 0 Å². The molecule has 0 radical (unpaired) electrons. The average molecular weight is 238 g/mol. The average Bonchev–Trinajstić information content (AvgIpc) is 2.13. The van der Waals surface area contributed by atoms with Crippen LogP contribution in [0.3, 0.4) is 0 Å². The van der Waals surface area contributed by atoms with Gasteiger partial charge in [0.1, 0.15) is 0 Å². The molecule has 0 heteroatoms. The van der Waals surface area contributed by atoms with Crippen LogP contribution in [0.15, 0.2) is 12.2 Å². The summed E-state index contributed by atoms with van der Waals surface area (Å²) in [5.41, 5.74) is 2.06. The second-order valence-electron chi connectivity index (χ2n) is 7.72. The van der Waals surface area contributed by atoms with Gasteiger partial charge in [-0.25, -0.2) is 0 Å². The molecule has 0 aliphatic carbocycles. The Morgan fingerprint density at radius 3 is 1.88 bits per heavy atom. The molecule has 0 rings (SSSR count). The fourth-order valence-corrected chi connectivity index (χ4v) is 2.30. The van der Waals surface area contributed by atoms with Gasteiger partial charge in [-0.1, -0.05) is 73.5 Å². The molecule has 0 nitrogen and oxygen atoms in total. The molecule has 0 N–H and O–H groups in total. The molecule has 0 fully saturated rings. The SMILES string of the molecule is C=C(C)C(C)(C)C(C)C(C)CCCC(C)(C)C. The highest BCUT2D eigenvalue weighted by molar-refractivity contribution is 5.05. The van der Waals surface area contributed by atoms with Crippen molar-refractivity contribution in [3.8, 4) is 0 Å². The Balaban J connectivity index is 4.24. The first-order valence-electron chi connectivity index (χ1n) is 7.14. The van der Waals surface area contributed by atoms with Crippen molar-refractivity contribution in [3.05, 3.63) is 12.2 Å². The zero-order chi connectivity index (χ0) is 13.9. The Bertz CT molecular complexity index is 239. The summed E-state index contributed by atoms with van der Waals surface area (Å²) in [6.07, 6.45) is 4.02. The summed E-state index contributed by atoms with van der Waals surface area (Å²) in [6, 6.07) is 0. The Morgan fingerprint density at radius 2 is 1.53 bits per heavy atom. The van der Waals surface area contributed by atoms with Crippen LogP contribution >= 0.6 is 0 Å². The van der Waals surface area contributed by atoms with E-state index < -0.39 is 0 Å². The van der Waals surface area contributed by atoms with Gasteiger partial charge in [0.05, 0.1) is 0 Å². The maximum absolute atomic E-state index is 4.15. The molecule has 0 spiro atoms. The molecule has 0 aliphatic heterocycles. The highest BCUT2D eigenvalue weighted by Gasteiger charge is 2.30. The van der Waals surface area contributed by atoms with Gasteiger partial charge in [0.25, 0.3) is 0 Å². The minimum Gasteiger partial charge on any atom is -0.0996 e. The van der Waals surface area contributed by atoms with Crippen molar-refractivity contribution in [1.82, 2.24) is 0 Å². The Hall–Kier alpha value is -0.260. The first-order chi connectivity index (χ1) is 7.48. The molecule has 0 aromatic rings. The van der Waals surface area contributed by atoms with Crippen LogP contribution in [-0.2, 0) is 0 Å². The largest absolute Gasteiger partial charge is 0.0996 e. The van der Waals surface area contributed by atoms with E-state index in [-0.39, 0.29) is 5.41 Å². The lowest BCUT2D eigenvalue weighted by molar-refractivity contribution is 0.190. The van der Waals surface area contributed by atoms with Crippen molar-refractivity contribution >= 4 is 0 Å². The molecule has 17 heavy (non-hydrogen) atoms. The van der Waals surface area contributed by atoms with Crippen LogP contribution in [0.4, 0.5) is 0 Å². The van der Waals surface area contributed by atoms with E-state index in [4.69, 9.17) is 0 Å². The minimum atomic E-state index is 0.265. The van der Waals surface area contributed by atoms with E-state index >= 15 is 0 Å². The van der Waals surface area contributed by atoms with Gasteiger partial charge >= 0.3 is 0 Å². The van der Waals surface area contributed by atoms with Gasteiger partial charge in [0.15, 0.2) is 0 Å². The van der Waals surface area contributed by atoms with Crippen molar-refractivity contribution in [3.63, 3.8) is 0 Å². The number of allylic oxidation sites excluding steroid dienone is 1. The van der Waals surface area contributed by atoms with Crippen LogP contribution in [0.5, 0.6) is 0 Å². The maximum Gasteiger partial charge on any atom is -0.0122 e. The smallest absolute Gasteiger partial charge is 0.0122 e. The highest BCUT2D eigenvalue weighted by Crippen LogP contribution is 2.40. The van der Waals surface area contributed by atoms with Crippen LogP contribution in [0.2, 0.25) is 0 Å². The molecule has 2 unspecified atom stereocenters. The molecule has 102 valence electrons. The summed E-state index contributed by atoms with van der Waals surface area (Å²) in [7, 11) is 0. The lowest BCUT2D eigenvalue weighted by Gasteiger charge is -2.37. The first-order valence-corrected chi connectivity index (χ1v) is 7.14. The predicted molar refractivity (Wildman–Crippen MR) is 80.2 cm³/mol. The molecule has 0 aromatic heterocycles. The third-order valence-electron chi connectivity index (χ3n) is 4.68. The minimum absolute atomic E-state index is 0.265. The summed E-state index contributed by atoms with van der Waals surface area (Å²) in [4.78, 5) is 0. The standard InChI is InChI=1S/C17H34/c1-13(2)17(8,9)15(4)14(3)11-10-12-16(5,6)7/h14-15H,1,10-12H2,2-9H3. The van der Waals surface area contributed by atoms with E-state index in [2.05, 4.69) is 62.0 Å². The van der Waals surface area contributed by atoms with Crippen LogP contribution < -0.4 is 0 Å². The molecule has 0 bridgehead atoms. The molecule has 0 aliphatic rings. The highest BCUT2D eigenvalue weighted by atomic mass is 14.3. The van der Waals surface area contributed by atoms with Crippen molar-refractivity contribution in [2.24, 2.45) is 22.7 Å². The topological polar surface area (TPSA) is 0 Å². The number of hydrogen-bond acceptors (Lipinski definition) is 0. The Labute approximate surface area is 110 Å². The third-order valence-corrected chi connectivity index (χ3v) is 4.68. The van der Waals surface area contributed by atoms with Gasteiger partial charge in [-0.15, -0.1) is 0 Å². The quantitative estimate of drug-likeness (QED) is 0.492. The van der Waals surface area contributed by atoms with Crippen LogP contribution in [-0.4, -0.2) is 0 Å². The molecule has 0 aromatic carbocycles. The van der Waals surface area contributed by atoms with Gasteiger partial charge in [0, 0.05) is 0 Å². The first kappa shape index (κ1) is 16.7. The van der Waals surface area contributed by atoms with Crippen LogP contribution in [0.25, 0.3) is 0 Å². The van der Waals surface area contributed by atoms with Gasteiger partial charge in [-0.2, -0.15) is 0 Å². The summed E-state index contributed by atoms with van der Waals surface area (Å²) >= 11 is 0. The van der Waals surface area contributed by atoms with E-state index in [1.807, 2.05) is 0 Å². The fourth-order valence-electron chi connectivity index (χ4n) is 2.30. The summed E-state index contributed by atoms with van der Waals surface area (Å²) in [5.74, 6) is 1.49. The van der Waals surface area contributed by atoms with Crippen molar-refractivity contribution in [2.75, 3.05) is 0 Å². The van der Waals surface area contributed by atoms with Crippen LogP contribution in [0.1, 0.15) is 74.7 Å². The van der Waals surface area contributed by atoms with Gasteiger partial charge < -0.3 is 0 Å². The second-order valence-corrected chi connectivity index (χ2v) is 7.72. The number of hydrogen-bond donors (Lipinski definition) is 0. The van der Waals surface area contributed by atoms with Gasteiger partial charge in [-0.3, -0.25) is 0 Å². The van der Waals surface area contributed by atoms with Crippen molar-refractivity contribution < 1.29 is 0 Å². The third kappa shape index (κ3) is 5.75. The lowest BCUT2D eigenvalue weighted by atomic mass is 9.68. The molecular weight excluding hydrogens is 204 g/mol. The maximum atomic E-state index is 4.15. The molecule has 2 atom stereocenters. The summed E-state index contributed by atoms with van der Waals surface area (Å²) < 4.78 is 0. The Kier molecular flexibility index (Phi) is 5.98. The fraction of sp³-hybridized carbons (Fsp3) is 0.882. The van der Waals surface area contributed by atoms with E-state index in [0.29, 0.717) is 11.3 Å². The van der Waals surface area contributed by atoms with Gasteiger partial charge in [0.2, 0.25) is 0 Å². The predicted octanol–water partition coefficient (Wildman–Crippen LogP) is 6.08.